The Kier molecular flexibility index (Phi) is 4.58. The van der Waals surface area contributed by atoms with E-state index in [1.807, 2.05) is 42.5 Å². The number of oxime groups is 2. The summed E-state index contributed by atoms with van der Waals surface area (Å²) < 4.78 is 0. The molecule has 1 aromatic heterocycles. The lowest BCUT2D eigenvalue weighted by atomic mass is 10.0. The van der Waals surface area contributed by atoms with E-state index in [0.717, 1.165) is 27.7 Å². The SMILES string of the molecule is NC(=NO)c1ccc(-c2cccc(-c3nc4ccc(C(N)=NO)cc4[nH]3)c2)cc1. The molecule has 0 unspecified atom stereocenters. The second-order valence-electron chi connectivity index (χ2n) is 6.45. The molecule has 29 heavy (non-hydrogen) atoms. The van der Waals surface area contributed by atoms with Crippen LogP contribution in [-0.4, -0.2) is 32.1 Å². The lowest BCUT2D eigenvalue weighted by Crippen LogP contribution is -2.12. The number of imidazole rings is 1. The molecule has 8 nitrogen and oxygen atoms in total. The molecule has 0 spiro atoms. The maximum absolute atomic E-state index is 8.86. The summed E-state index contributed by atoms with van der Waals surface area (Å²) in [5.74, 6) is 0.825. The molecular weight excluding hydrogens is 368 g/mol. The number of rotatable bonds is 4. The number of nitrogens with zero attached hydrogens (tertiary/aromatic N) is 3. The Morgan fingerprint density at radius 1 is 0.759 bits per heavy atom. The van der Waals surface area contributed by atoms with Crippen LogP contribution in [0, 0.1) is 0 Å². The van der Waals surface area contributed by atoms with E-state index >= 15 is 0 Å². The van der Waals surface area contributed by atoms with Gasteiger partial charge in [0.05, 0.1) is 11.0 Å². The first-order valence-electron chi connectivity index (χ1n) is 8.75. The van der Waals surface area contributed by atoms with Crippen LogP contribution < -0.4 is 11.5 Å². The summed E-state index contributed by atoms with van der Waals surface area (Å²) in [6, 6.07) is 20.7. The fraction of sp³-hybridized carbons (Fsp3) is 0. The lowest BCUT2D eigenvalue weighted by molar-refractivity contribution is 0.318. The summed E-state index contributed by atoms with van der Waals surface area (Å²) >= 11 is 0. The van der Waals surface area contributed by atoms with Crippen LogP contribution in [0.1, 0.15) is 11.1 Å². The van der Waals surface area contributed by atoms with Crippen molar-refractivity contribution in [3.05, 3.63) is 77.9 Å². The van der Waals surface area contributed by atoms with Gasteiger partial charge < -0.3 is 26.9 Å². The molecule has 0 atom stereocenters. The molecule has 3 aromatic carbocycles. The van der Waals surface area contributed by atoms with Crippen LogP contribution in [0.2, 0.25) is 0 Å². The van der Waals surface area contributed by atoms with Gasteiger partial charge in [0, 0.05) is 16.7 Å². The molecule has 4 aromatic rings. The third-order valence-electron chi connectivity index (χ3n) is 4.64. The summed E-state index contributed by atoms with van der Waals surface area (Å²) in [5, 5.41) is 23.7. The number of hydrogen-bond acceptors (Lipinski definition) is 5. The van der Waals surface area contributed by atoms with Crippen LogP contribution in [0.25, 0.3) is 33.5 Å². The molecule has 7 N–H and O–H groups in total. The van der Waals surface area contributed by atoms with Crippen molar-refractivity contribution in [2.45, 2.75) is 0 Å². The quantitative estimate of drug-likeness (QED) is 0.158. The highest BCUT2D eigenvalue weighted by atomic mass is 16.4. The first-order chi connectivity index (χ1) is 14.1. The minimum Gasteiger partial charge on any atom is -0.409 e. The van der Waals surface area contributed by atoms with Gasteiger partial charge >= 0.3 is 0 Å². The molecule has 0 bridgehead atoms. The van der Waals surface area contributed by atoms with Crippen LogP contribution in [0.5, 0.6) is 0 Å². The van der Waals surface area contributed by atoms with Gasteiger partial charge in [-0.25, -0.2) is 4.98 Å². The number of nitrogens with two attached hydrogens (primary N) is 2. The zero-order valence-corrected chi connectivity index (χ0v) is 15.2. The van der Waals surface area contributed by atoms with Gasteiger partial charge in [0.1, 0.15) is 5.82 Å². The van der Waals surface area contributed by atoms with Crippen LogP contribution in [0.4, 0.5) is 0 Å². The Morgan fingerprint density at radius 3 is 2.14 bits per heavy atom. The minimum atomic E-state index is 0.0420. The van der Waals surface area contributed by atoms with Gasteiger partial charge in [0.2, 0.25) is 0 Å². The number of aromatic nitrogens is 2. The Morgan fingerprint density at radius 2 is 1.41 bits per heavy atom. The largest absolute Gasteiger partial charge is 0.409 e. The standard InChI is InChI=1S/C21H18N6O2/c22-19(26-28)13-6-4-12(5-7-13)14-2-1-3-16(10-14)21-24-17-9-8-15(20(23)27-29)11-18(17)25-21/h1-11,28-29H,(H2,22,26)(H2,23,27)(H,24,25). The number of hydrogen-bond donors (Lipinski definition) is 5. The Hall–Kier alpha value is -4.33. The molecule has 0 radical (unpaired) electrons. The fourth-order valence-corrected chi connectivity index (χ4v) is 3.10. The molecule has 0 saturated carbocycles. The molecule has 144 valence electrons. The van der Waals surface area contributed by atoms with Crippen molar-refractivity contribution in [2.24, 2.45) is 21.8 Å². The zero-order chi connectivity index (χ0) is 20.4. The van der Waals surface area contributed by atoms with Crippen molar-refractivity contribution < 1.29 is 10.4 Å². The van der Waals surface area contributed by atoms with Gasteiger partial charge in [0.15, 0.2) is 11.7 Å². The van der Waals surface area contributed by atoms with Crippen LogP contribution >= 0.6 is 0 Å². The lowest BCUT2D eigenvalue weighted by Gasteiger charge is -2.05. The maximum atomic E-state index is 8.86. The first-order valence-corrected chi connectivity index (χ1v) is 8.75. The molecule has 0 saturated heterocycles. The van der Waals surface area contributed by atoms with Gasteiger partial charge in [-0.3, -0.25) is 0 Å². The fourth-order valence-electron chi connectivity index (χ4n) is 3.10. The van der Waals surface area contributed by atoms with Gasteiger partial charge in [-0.15, -0.1) is 0 Å². The second-order valence-corrected chi connectivity index (χ2v) is 6.45. The van der Waals surface area contributed by atoms with Crippen molar-refractivity contribution in [3.63, 3.8) is 0 Å². The summed E-state index contributed by atoms with van der Waals surface area (Å²) in [7, 11) is 0. The van der Waals surface area contributed by atoms with Gasteiger partial charge in [-0.1, -0.05) is 52.8 Å². The van der Waals surface area contributed by atoms with Crippen LogP contribution in [0.15, 0.2) is 77.0 Å². The number of nitrogens with one attached hydrogen (secondary N) is 1. The smallest absolute Gasteiger partial charge is 0.170 e. The predicted molar refractivity (Wildman–Crippen MR) is 112 cm³/mol. The number of benzene rings is 3. The summed E-state index contributed by atoms with van der Waals surface area (Å²) in [6.45, 7) is 0. The van der Waals surface area contributed by atoms with E-state index in [-0.39, 0.29) is 11.7 Å². The van der Waals surface area contributed by atoms with Crippen molar-refractivity contribution in [1.29, 1.82) is 0 Å². The number of H-pyrrole nitrogens is 1. The molecule has 1 heterocycles. The van der Waals surface area contributed by atoms with Crippen LogP contribution in [-0.2, 0) is 0 Å². The summed E-state index contributed by atoms with van der Waals surface area (Å²) in [5.41, 5.74) is 17.0. The van der Waals surface area contributed by atoms with Crippen molar-refractivity contribution >= 4 is 22.7 Å². The highest BCUT2D eigenvalue weighted by molar-refractivity contribution is 6.00. The van der Waals surface area contributed by atoms with Gasteiger partial charge in [-0.2, -0.15) is 0 Å². The Labute approximate surface area is 165 Å². The molecule has 8 heteroatoms. The van der Waals surface area contributed by atoms with Crippen molar-refractivity contribution in [2.75, 3.05) is 0 Å². The second kappa shape index (κ2) is 7.35. The van der Waals surface area contributed by atoms with E-state index in [0.29, 0.717) is 17.0 Å². The number of fused-ring (bicyclic) bond motifs is 1. The summed E-state index contributed by atoms with van der Waals surface area (Å²) in [4.78, 5) is 7.91. The monoisotopic (exact) mass is 386 g/mol. The molecule has 0 aliphatic carbocycles. The predicted octanol–water partition coefficient (Wildman–Crippen LogP) is 3.09. The normalized spacial score (nSPS) is 12.4. The highest BCUT2D eigenvalue weighted by Gasteiger charge is 2.09. The van der Waals surface area contributed by atoms with E-state index in [2.05, 4.69) is 20.3 Å². The van der Waals surface area contributed by atoms with Crippen LogP contribution in [0.3, 0.4) is 0 Å². The van der Waals surface area contributed by atoms with E-state index in [1.54, 1.807) is 24.3 Å². The summed E-state index contributed by atoms with van der Waals surface area (Å²) in [6.07, 6.45) is 0. The van der Waals surface area contributed by atoms with E-state index < -0.39 is 0 Å². The molecule has 0 aliphatic heterocycles. The molecule has 0 amide bonds. The third-order valence-corrected chi connectivity index (χ3v) is 4.64. The van der Waals surface area contributed by atoms with Crippen molar-refractivity contribution in [3.8, 4) is 22.5 Å². The van der Waals surface area contributed by atoms with E-state index in [1.165, 1.54) is 0 Å². The number of aromatic amines is 1. The maximum Gasteiger partial charge on any atom is 0.170 e. The number of amidine groups is 2. The van der Waals surface area contributed by atoms with E-state index in [9.17, 15) is 0 Å². The minimum absolute atomic E-state index is 0.0420. The molecule has 4 rings (SSSR count). The average Bonchev–Trinajstić information content (AvgIpc) is 3.21. The highest BCUT2D eigenvalue weighted by Crippen LogP contribution is 2.27. The average molecular weight is 386 g/mol. The van der Waals surface area contributed by atoms with Gasteiger partial charge in [0.25, 0.3) is 0 Å². The molecule has 0 aliphatic rings. The zero-order valence-electron chi connectivity index (χ0n) is 15.2. The third kappa shape index (κ3) is 3.46. The van der Waals surface area contributed by atoms with Gasteiger partial charge in [-0.05, 0) is 35.4 Å². The van der Waals surface area contributed by atoms with Crippen molar-refractivity contribution in [1.82, 2.24) is 9.97 Å². The molecule has 0 fully saturated rings. The Balaban J connectivity index is 1.70. The van der Waals surface area contributed by atoms with E-state index in [4.69, 9.17) is 21.9 Å². The first kappa shape index (κ1) is 18.1. The topological polar surface area (TPSA) is 146 Å². The molecular formula is C21H18N6O2. The Bertz CT molecular complexity index is 1240.